The number of nitro benzene ring substituents is 1. The third-order valence-electron chi connectivity index (χ3n) is 3.32. The quantitative estimate of drug-likeness (QED) is 0.416. The van der Waals surface area contributed by atoms with Crippen LogP contribution in [0.15, 0.2) is 23.2 Å². The van der Waals surface area contributed by atoms with Crippen LogP contribution in [0.4, 0.5) is 11.5 Å². The van der Waals surface area contributed by atoms with Crippen molar-refractivity contribution in [2.24, 2.45) is 0 Å². The summed E-state index contributed by atoms with van der Waals surface area (Å²) in [5.41, 5.74) is 0.361. The predicted molar refractivity (Wildman–Crippen MR) is 88.7 cm³/mol. The van der Waals surface area contributed by atoms with Gasteiger partial charge in [0.2, 0.25) is 5.82 Å². The van der Waals surface area contributed by atoms with Crippen LogP contribution in [0, 0.1) is 38.5 Å². The van der Waals surface area contributed by atoms with Gasteiger partial charge in [0.1, 0.15) is 0 Å². The van der Waals surface area contributed by atoms with E-state index in [4.69, 9.17) is 10.00 Å². The lowest BCUT2D eigenvalue weighted by atomic mass is 10.2. The molecule has 0 fully saturated rings. The third kappa shape index (κ3) is 3.86. The summed E-state index contributed by atoms with van der Waals surface area (Å²) in [6, 6.07) is 6.37. The van der Waals surface area contributed by atoms with Gasteiger partial charge in [-0.3, -0.25) is 14.7 Å². The van der Waals surface area contributed by atoms with Crippen molar-refractivity contribution < 1.29 is 14.6 Å². The minimum atomic E-state index is -0.611. The predicted octanol–water partition coefficient (Wildman–Crippen LogP) is 2.68. The number of aryl methyl sites for hydroxylation is 1. The number of hydrogen-bond donors (Lipinski definition) is 0. The monoisotopic (exact) mass is 363 g/mol. The highest BCUT2D eigenvalue weighted by Crippen LogP contribution is 2.32. The van der Waals surface area contributed by atoms with Gasteiger partial charge in [-0.1, -0.05) is 17.8 Å². The minimum Gasteiger partial charge on any atom is -0.490 e. The molecule has 0 amide bonds. The molecule has 0 spiro atoms. The largest absolute Gasteiger partial charge is 0.490 e. The molecule has 25 heavy (non-hydrogen) atoms. The van der Waals surface area contributed by atoms with Crippen LogP contribution in [0.2, 0.25) is 0 Å². The van der Waals surface area contributed by atoms with Gasteiger partial charge >= 0.3 is 11.5 Å². The topological polar surface area (TPSA) is 137 Å². The molecule has 1 aromatic heterocycles. The molecule has 2 rings (SSSR count). The van der Waals surface area contributed by atoms with E-state index in [9.17, 15) is 20.2 Å². The first-order valence-corrected chi connectivity index (χ1v) is 7.90. The number of ether oxygens (including phenoxy) is 1. The molecule has 1 heterocycles. The van der Waals surface area contributed by atoms with Crippen molar-refractivity contribution in [3.63, 3.8) is 0 Å². The van der Waals surface area contributed by atoms with Gasteiger partial charge in [-0.25, -0.2) is 0 Å². The molecule has 10 nitrogen and oxygen atoms in total. The number of methoxy groups -OCH3 is 1. The number of nitriles is 1. The van der Waals surface area contributed by atoms with Crippen molar-refractivity contribution in [3.05, 3.63) is 49.8 Å². The molecule has 0 radical (unpaired) electrons. The molecule has 2 aromatic rings. The number of imidazole rings is 1. The first-order chi connectivity index (χ1) is 11.9. The first kappa shape index (κ1) is 18.2. The number of nitrogens with zero attached hydrogens (tertiary/aromatic N) is 5. The zero-order valence-electron chi connectivity index (χ0n) is 13.3. The zero-order chi connectivity index (χ0) is 18.6. The summed E-state index contributed by atoms with van der Waals surface area (Å²) in [7, 11) is 1.34. The van der Waals surface area contributed by atoms with Crippen molar-refractivity contribution >= 4 is 23.3 Å². The molecular formula is C14H13N5O5S. The second-order valence-electron chi connectivity index (χ2n) is 4.84. The molecule has 0 N–H and O–H groups in total. The summed E-state index contributed by atoms with van der Waals surface area (Å²) in [5, 5.41) is 31.3. The molecule has 0 aliphatic carbocycles. The Morgan fingerprint density at radius 1 is 1.36 bits per heavy atom. The number of aromatic nitrogens is 2. The Morgan fingerprint density at radius 3 is 2.64 bits per heavy atom. The molecule has 0 unspecified atom stereocenters. The molecule has 1 aromatic carbocycles. The van der Waals surface area contributed by atoms with E-state index in [0.717, 1.165) is 11.8 Å². The fourth-order valence-corrected chi connectivity index (χ4v) is 3.04. The average molecular weight is 363 g/mol. The molecule has 0 saturated carbocycles. The zero-order valence-corrected chi connectivity index (χ0v) is 14.1. The highest BCUT2D eigenvalue weighted by Gasteiger charge is 2.26. The summed E-state index contributed by atoms with van der Waals surface area (Å²) in [6.45, 7) is 1.74. The minimum absolute atomic E-state index is 0.0226. The Labute approximate surface area is 146 Å². The Morgan fingerprint density at radius 2 is 2.08 bits per heavy atom. The van der Waals surface area contributed by atoms with Crippen LogP contribution in [0.1, 0.15) is 11.4 Å². The van der Waals surface area contributed by atoms with Gasteiger partial charge in [0.25, 0.3) is 0 Å². The molecule has 0 aliphatic rings. The van der Waals surface area contributed by atoms with E-state index in [0.29, 0.717) is 11.4 Å². The SMILES string of the molecule is COc1ccc(Cn2c(C)nc([N+](=O)[O-])c2SCC#N)cc1[N+](=O)[O-]. The van der Waals surface area contributed by atoms with Crippen LogP contribution in [-0.2, 0) is 6.54 Å². The summed E-state index contributed by atoms with van der Waals surface area (Å²) in [6.07, 6.45) is 0. The molecule has 11 heteroatoms. The van der Waals surface area contributed by atoms with Crippen LogP contribution < -0.4 is 4.74 Å². The standard InChI is InChI=1S/C14H13N5O5S/c1-9-16-13(19(22)23)14(25-6-5-15)17(9)8-10-3-4-12(24-2)11(7-10)18(20)21/h3-4,7H,6,8H2,1-2H3. The maximum Gasteiger partial charge on any atom is 0.396 e. The first-order valence-electron chi connectivity index (χ1n) is 6.91. The smallest absolute Gasteiger partial charge is 0.396 e. The number of benzene rings is 1. The summed E-state index contributed by atoms with van der Waals surface area (Å²) < 4.78 is 6.52. The van der Waals surface area contributed by atoms with Gasteiger partial charge in [-0.05, 0) is 21.5 Å². The normalized spacial score (nSPS) is 10.3. The molecule has 0 saturated heterocycles. The molecule has 0 atom stereocenters. The van der Waals surface area contributed by atoms with Gasteiger partial charge in [0.05, 0.1) is 30.4 Å². The Balaban J connectivity index is 2.46. The lowest BCUT2D eigenvalue weighted by Gasteiger charge is -2.08. The van der Waals surface area contributed by atoms with Crippen LogP contribution in [0.25, 0.3) is 0 Å². The van der Waals surface area contributed by atoms with Crippen molar-refractivity contribution in [2.45, 2.75) is 18.5 Å². The number of hydrogen-bond acceptors (Lipinski definition) is 8. The maximum absolute atomic E-state index is 11.2. The van der Waals surface area contributed by atoms with Crippen molar-refractivity contribution in [1.29, 1.82) is 5.26 Å². The van der Waals surface area contributed by atoms with Gasteiger partial charge in [-0.15, -0.1) is 0 Å². The lowest BCUT2D eigenvalue weighted by Crippen LogP contribution is -2.05. The number of nitro groups is 2. The van der Waals surface area contributed by atoms with Gasteiger partial charge < -0.3 is 14.9 Å². The highest BCUT2D eigenvalue weighted by atomic mass is 32.2. The summed E-state index contributed by atoms with van der Waals surface area (Å²) >= 11 is 0.999. The van der Waals surface area contributed by atoms with Crippen molar-refractivity contribution in [1.82, 2.24) is 9.55 Å². The van der Waals surface area contributed by atoms with Crippen LogP contribution in [0.5, 0.6) is 5.75 Å². The highest BCUT2D eigenvalue weighted by molar-refractivity contribution is 7.99. The molecular weight excluding hydrogens is 350 g/mol. The van der Waals surface area contributed by atoms with E-state index in [2.05, 4.69) is 4.98 Å². The van der Waals surface area contributed by atoms with Crippen molar-refractivity contribution in [3.8, 4) is 11.8 Å². The van der Waals surface area contributed by atoms with Crippen LogP contribution in [0.3, 0.4) is 0 Å². The Bertz CT molecular complexity index is 873. The second-order valence-corrected chi connectivity index (χ2v) is 5.81. The lowest BCUT2D eigenvalue weighted by molar-refractivity contribution is -0.392. The average Bonchev–Trinajstić information content (AvgIpc) is 2.89. The van der Waals surface area contributed by atoms with E-state index in [1.165, 1.54) is 19.2 Å². The van der Waals surface area contributed by atoms with Crippen LogP contribution in [-0.4, -0.2) is 32.3 Å². The van der Waals surface area contributed by atoms with E-state index in [1.54, 1.807) is 17.6 Å². The molecule has 130 valence electrons. The number of thioether (sulfide) groups is 1. The van der Waals surface area contributed by atoms with E-state index < -0.39 is 9.85 Å². The fourth-order valence-electron chi connectivity index (χ4n) is 2.24. The van der Waals surface area contributed by atoms with E-state index in [1.807, 2.05) is 6.07 Å². The van der Waals surface area contributed by atoms with E-state index in [-0.39, 0.29) is 34.6 Å². The van der Waals surface area contributed by atoms with Gasteiger partial charge in [-0.2, -0.15) is 5.26 Å². The van der Waals surface area contributed by atoms with Gasteiger partial charge in [0.15, 0.2) is 10.8 Å². The van der Waals surface area contributed by atoms with Crippen molar-refractivity contribution in [2.75, 3.05) is 12.9 Å². The van der Waals surface area contributed by atoms with E-state index >= 15 is 0 Å². The molecule has 0 bridgehead atoms. The summed E-state index contributed by atoms with van der Waals surface area (Å²) in [5.74, 6) is 0.196. The Hall–Kier alpha value is -3.13. The maximum atomic E-state index is 11.2. The fraction of sp³-hybridized carbons (Fsp3) is 0.286. The van der Waals surface area contributed by atoms with Gasteiger partial charge in [0, 0.05) is 13.0 Å². The van der Waals surface area contributed by atoms with Crippen LogP contribution >= 0.6 is 11.8 Å². The Kier molecular flexibility index (Phi) is 5.56. The number of rotatable bonds is 7. The second kappa shape index (κ2) is 7.63. The molecule has 0 aliphatic heterocycles. The third-order valence-corrected chi connectivity index (χ3v) is 4.27. The summed E-state index contributed by atoms with van der Waals surface area (Å²) in [4.78, 5) is 25.0.